The maximum absolute atomic E-state index is 5.75. The Hall–Kier alpha value is -1.88. The maximum Gasteiger partial charge on any atom is 0.233 e. The normalized spacial score (nSPS) is 17.9. The van der Waals surface area contributed by atoms with E-state index in [0.29, 0.717) is 30.9 Å². The second-order valence-electron chi connectivity index (χ2n) is 5.40. The molecule has 20 heavy (non-hydrogen) atoms. The number of nitrogens with one attached hydrogen (secondary N) is 1. The van der Waals surface area contributed by atoms with Crippen LogP contribution in [0.15, 0.2) is 28.8 Å². The number of para-hydroxylation sites is 1. The molecule has 2 heterocycles. The third-order valence-electron chi connectivity index (χ3n) is 3.38. The zero-order valence-corrected chi connectivity index (χ0v) is 11.8. The van der Waals surface area contributed by atoms with Gasteiger partial charge in [0.2, 0.25) is 5.89 Å². The molecular weight excluding hydrogens is 254 g/mol. The minimum Gasteiger partial charge on any atom is -0.492 e. The standard InChI is InChI=1S/C15H19N3O2/c1-10(2)16-8-14-17-15(20-18-14)12-7-11-5-3-4-6-13(11)19-9-12/h3-6,10,12,16H,7-9H2,1-2H3. The van der Waals surface area contributed by atoms with Crippen LogP contribution < -0.4 is 10.1 Å². The molecular formula is C15H19N3O2. The first-order valence-electron chi connectivity index (χ1n) is 6.99. The first-order chi connectivity index (χ1) is 9.72. The van der Waals surface area contributed by atoms with Crippen molar-refractivity contribution in [1.29, 1.82) is 0 Å². The molecule has 0 amide bonds. The van der Waals surface area contributed by atoms with Crippen LogP contribution in [0, 0.1) is 0 Å². The number of hydrogen-bond acceptors (Lipinski definition) is 5. The van der Waals surface area contributed by atoms with Crippen molar-refractivity contribution >= 4 is 0 Å². The second-order valence-corrected chi connectivity index (χ2v) is 5.40. The number of aromatic nitrogens is 2. The molecule has 106 valence electrons. The van der Waals surface area contributed by atoms with Gasteiger partial charge in [-0.1, -0.05) is 37.2 Å². The predicted molar refractivity (Wildman–Crippen MR) is 74.7 cm³/mol. The fourth-order valence-electron chi connectivity index (χ4n) is 2.29. The number of hydrogen-bond donors (Lipinski definition) is 1. The molecule has 0 spiro atoms. The molecule has 5 heteroatoms. The first-order valence-corrected chi connectivity index (χ1v) is 6.99. The van der Waals surface area contributed by atoms with Crippen molar-refractivity contribution in [2.24, 2.45) is 0 Å². The maximum atomic E-state index is 5.75. The minimum atomic E-state index is 0.144. The highest BCUT2D eigenvalue weighted by atomic mass is 16.5. The van der Waals surface area contributed by atoms with E-state index in [2.05, 4.69) is 35.4 Å². The van der Waals surface area contributed by atoms with Gasteiger partial charge in [-0.05, 0) is 18.1 Å². The molecule has 1 unspecified atom stereocenters. The molecule has 0 saturated carbocycles. The number of fused-ring (bicyclic) bond motifs is 1. The zero-order valence-electron chi connectivity index (χ0n) is 11.8. The van der Waals surface area contributed by atoms with Crippen molar-refractivity contribution < 1.29 is 9.26 Å². The molecule has 0 radical (unpaired) electrons. The van der Waals surface area contributed by atoms with Gasteiger partial charge in [-0.25, -0.2) is 0 Å². The number of benzene rings is 1. The lowest BCUT2D eigenvalue weighted by Gasteiger charge is -2.22. The van der Waals surface area contributed by atoms with Crippen LogP contribution in [0.3, 0.4) is 0 Å². The lowest BCUT2D eigenvalue weighted by atomic mass is 9.97. The summed E-state index contributed by atoms with van der Waals surface area (Å²) in [6, 6.07) is 8.50. The van der Waals surface area contributed by atoms with Gasteiger partial charge in [0.25, 0.3) is 0 Å². The summed E-state index contributed by atoms with van der Waals surface area (Å²) in [6.45, 7) is 5.40. The highest BCUT2D eigenvalue weighted by Crippen LogP contribution is 2.31. The highest BCUT2D eigenvalue weighted by Gasteiger charge is 2.25. The molecule has 0 bridgehead atoms. The van der Waals surface area contributed by atoms with Gasteiger partial charge in [-0.15, -0.1) is 0 Å². The smallest absolute Gasteiger partial charge is 0.233 e. The van der Waals surface area contributed by atoms with E-state index in [1.165, 1.54) is 5.56 Å². The van der Waals surface area contributed by atoms with Crippen molar-refractivity contribution in [3.05, 3.63) is 41.5 Å². The average Bonchev–Trinajstić information content (AvgIpc) is 2.93. The van der Waals surface area contributed by atoms with E-state index in [4.69, 9.17) is 9.26 Å². The Bertz CT molecular complexity index is 580. The number of nitrogens with zero attached hydrogens (tertiary/aromatic N) is 2. The Balaban J connectivity index is 1.69. The molecule has 1 aliphatic rings. The average molecular weight is 273 g/mol. The molecule has 1 aromatic carbocycles. The molecule has 1 N–H and O–H groups in total. The van der Waals surface area contributed by atoms with E-state index in [9.17, 15) is 0 Å². The van der Waals surface area contributed by atoms with Crippen LogP contribution in [-0.4, -0.2) is 22.8 Å². The van der Waals surface area contributed by atoms with Crippen molar-refractivity contribution in [2.75, 3.05) is 6.61 Å². The molecule has 3 rings (SSSR count). The van der Waals surface area contributed by atoms with E-state index >= 15 is 0 Å². The van der Waals surface area contributed by atoms with Crippen LogP contribution in [0.5, 0.6) is 5.75 Å². The Morgan fingerprint density at radius 3 is 3.05 bits per heavy atom. The summed E-state index contributed by atoms with van der Waals surface area (Å²) >= 11 is 0. The van der Waals surface area contributed by atoms with Crippen LogP contribution >= 0.6 is 0 Å². The SMILES string of the molecule is CC(C)NCc1noc(C2COc3ccccc3C2)n1. The largest absolute Gasteiger partial charge is 0.492 e. The molecule has 0 aliphatic carbocycles. The Morgan fingerprint density at radius 2 is 2.20 bits per heavy atom. The fourth-order valence-corrected chi connectivity index (χ4v) is 2.29. The number of ether oxygens (including phenoxy) is 1. The topological polar surface area (TPSA) is 60.2 Å². The molecule has 1 atom stereocenters. The van der Waals surface area contributed by atoms with Crippen LogP contribution in [0.1, 0.15) is 37.0 Å². The monoisotopic (exact) mass is 273 g/mol. The van der Waals surface area contributed by atoms with Gasteiger partial charge < -0.3 is 14.6 Å². The van der Waals surface area contributed by atoms with E-state index in [1.54, 1.807) is 0 Å². The molecule has 0 fully saturated rings. The fraction of sp³-hybridized carbons (Fsp3) is 0.467. The van der Waals surface area contributed by atoms with Gasteiger partial charge in [0.1, 0.15) is 12.4 Å². The van der Waals surface area contributed by atoms with E-state index in [0.717, 1.165) is 12.2 Å². The zero-order chi connectivity index (χ0) is 13.9. The quantitative estimate of drug-likeness (QED) is 0.926. The van der Waals surface area contributed by atoms with Crippen LogP contribution in [0.4, 0.5) is 0 Å². The van der Waals surface area contributed by atoms with Crippen molar-refractivity contribution in [3.8, 4) is 5.75 Å². The highest BCUT2D eigenvalue weighted by molar-refractivity contribution is 5.36. The molecule has 1 aromatic heterocycles. The predicted octanol–water partition coefficient (Wildman–Crippen LogP) is 2.29. The third kappa shape index (κ3) is 2.82. The summed E-state index contributed by atoms with van der Waals surface area (Å²) in [7, 11) is 0. The van der Waals surface area contributed by atoms with Crippen LogP contribution in [0.2, 0.25) is 0 Å². The second kappa shape index (κ2) is 5.63. The lowest BCUT2D eigenvalue weighted by Crippen LogP contribution is -2.22. The summed E-state index contributed by atoms with van der Waals surface area (Å²) in [5, 5.41) is 7.29. The van der Waals surface area contributed by atoms with E-state index < -0.39 is 0 Å². The summed E-state index contributed by atoms with van der Waals surface area (Å²) in [4.78, 5) is 4.46. The van der Waals surface area contributed by atoms with Crippen molar-refractivity contribution in [3.63, 3.8) is 0 Å². The lowest BCUT2D eigenvalue weighted by molar-refractivity contribution is 0.230. The molecule has 1 aliphatic heterocycles. The summed E-state index contributed by atoms with van der Waals surface area (Å²) in [5.41, 5.74) is 1.20. The Morgan fingerprint density at radius 1 is 1.35 bits per heavy atom. The minimum absolute atomic E-state index is 0.144. The van der Waals surface area contributed by atoms with E-state index in [1.807, 2.05) is 18.2 Å². The molecule has 0 saturated heterocycles. The van der Waals surface area contributed by atoms with Gasteiger partial charge in [0.05, 0.1) is 12.5 Å². The Labute approximate surface area is 118 Å². The molecule has 2 aromatic rings. The van der Waals surface area contributed by atoms with Gasteiger partial charge in [-0.2, -0.15) is 4.98 Å². The summed E-state index contributed by atoms with van der Waals surface area (Å²) in [6.07, 6.45) is 0.884. The van der Waals surface area contributed by atoms with Crippen LogP contribution in [-0.2, 0) is 13.0 Å². The van der Waals surface area contributed by atoms with E-state index in [-0.39, 0.29) is 5.92 Å². The third-order valence-corrected chi connectivity index (χ3v) is 3.38. The Kier molecular flexibility index (Phi) is 3.69. The van der Waals surface area contributed by atoms with Gasteiger partial charge >= 0.3 is 0 Å². The van der Waals surface area contributed by atoms with Gasteiger partial charge in [-0.3, -0.25) is 0 Å². The van der Waals surface area contributed by atoms with Gasteiger partial charge in [0.15, 0.2) is 5.82 Å². The summed E-state index contributed by atoms with van der Waals surface area (Å²) in [5.74, 6) is 2.47. The van der Waals surface area contributed by atoms with Gasteiger partial charge in [0, 0.05) is 6.04 Å². The summed E-state index contributed by atoms with van der Waals surface area (Å²) < 4.78 is 11.1. The van der Waals surface area contributed by atoms with Crippen LogP contribution in [0.25, 0.3) is 0 Å². The first kappa shape index (κ1) is 13.1. The van der Waals surface area contributed by atoms with Crippen molar-refractivity contribution in [1.82, 2.24) is 15.5 Å². The number of rotatable bonds is 4. The van der Waals surface area contributed by atoms with Crippen molar-refractivity contribution in [2.45, 2.75) is 38.8 Å². The molecule has 5 nitrogen and oxygen atoms in total.